The van der Waals surface area contributed by atoms with E-state index in [1.165, 1.54) is 11.8 Å². The molecular formula is C20H16IrN3O2-. The molecule has 1 N–H and O–H groups in total. The van der Waals surface area contributed by atoms with Crippen LogP contribution in [-0.4, -0.2) is 25.8 Å². The smallest absolute Gasteiger partial charge is 0.355 e. The monoisotopic (exact) mass is 523 g/mol. The first-order valence-corrected chi connectivity index (χ1v) is 7.71. The maximum absolute atomic E-state index is 10.8. The Morgan fingerprint density at radius 2 is 1.88 bits per heavy atom. The Kier molecular flexibility index (Phi) is 6.78. The molecule has 5 nitrogen and oxygen atoms in total. The largest absolute Gasteiger partial charge is 0.476 e. The number of aryl methyl sites for hydroxylation is 1. The minimum absolute atomic E-state index is 0. The van der Waals surface area contributed by atoms with Crippen molar-refractivity contribution in [2.45, 2.75) is 6.92 Å². The number of hydrogen-bond donors (Lipinski definition) is 1. The maximum atomic E-state index is 10.8. The summed E-state index contributed by atoms with van der Waals surface area (Å²) in [4.78, 5) is 14.6. The van der Waals surface area contributed by atoms with Gasteiger partial charge in [0.1, 0.15) is 0 Å². The predicted octanol–water partition coefficient (Wildman–Crippen LogP) is 3.91. The number of carboxylic acids is 1. The zero-order valence-corrected chi connectivity index (χ0v) is 16.4. The number of aromatic carboxylic acids is 1. The average molecular weight is 523 g/mol. The van der Waals surface area contributed by atoms with Crippen molar-refractivity contribution < 1.29 is 30.0 Å². The molecule has 2 heterocycles. The summed E-state index contributed by atoms with van der Waals surface area (Å²) in [5.74, 6) is -0.989. The van der Waals surface area contributed by atoms with Gasteiger partial charge in [0.05, 0.1) is 0 Å². The SMILES string of the molecule is Cc1ccc[c-]c1-n1cccn1.O=C(O)c1nccc2ccccc12.[Ir]. The number of carboxylic acid groups (broad SMARTS) is 1. The van der Waals surface area contributed by atoms with E-state index in [4.69, 9.17) is 5.11 Å². The van der Waals surface area contributed by atoms with Crippen molar-refractivity contribution in [3.8, 4) is 5.69 Å². The molecule has 0 saturated carbocycles. The van der Waals surface area contributed by atoms with Crippen LogP contribution in [0.15, 0.2) is 73.2 Å². The van der Waals surface area contributed by atoms with Gasteiger partial charge in [-0.25, -0.2) is 9.78 Å². The van der Waals surface area contributed by atoms with Crippen LogP contribution in [0.4, 0.5) is 0 Å². The molecule has 0 fully saturated rings. The number of fused-ring (bicyclic) bond motifs is 1. The number of pyridine rings is 1. The van der Waals surface area contributed by atoms with Crippen LogP contribution in [0, 0.1) is 13.0 Å². The Hall–Kier alpha value is -2.82. The number of hydrogen-bond acceptors (Lipinski definition) is 3. The molecule has 0 aliphatic rings. The second-order valence-electron chi connectivity index (χ2n) is 5.34. The molecule has 26 heavy (non-hydrogen) atoms. The van der Waals surface area contributed by atoms with Crippen molar-refractivity contribution in [1.82, 2.24) is 14.8 Å². The summed E-state index contributed by atoms with van der Waals surface area (Å²) in [5.41, 5.74) is 2.31. The topological polar surface area (TPSA) is 68.0 Å². The number of para-hydroxylation sites is 1. The summed E-state index contributed by atoms with van der Waals surface area (Å²) < 4.78 is 1.81. The standard InChI is InChI=1S/C10H9N2.C10H7NO2.Ir/c1-9-5-2-3-6-10(9)12-8-4-7-11-12;12-10(13)9-8-4-2-1-3-7(8)5-6-11-9;/h2-5,7-8H,1H3;1-6H,(H,12,13);/q-1;;. The Bertz CT molecular complexity index is 996. The first-order valence-electron chi connectivity index (χ1n) is 7.71. The minimum atomic E-state index is -0.989. The fraction of sp³-hybridized carbons (Fsp3) is 0.0500. The number of carbonyl (C=O) groups is 1. The fourth-order valence-corrected chi connectivity index (χ4v) is 2.45. The molecule has 6 heteroatoms. The van der Waals surface area contributed by atoms with Gasteiger partial charge in [-0.1, -0.05) is 31.2 Å². The normalized spacial score (nSPS) is 9.73. The van der Waals surface area contributed by atoms with Crippen LogP contribution in [0.1, 0.15) is 16.1 Å². The molecule has 2 aromatic heterocycles. The summed E-state index contributed by atoms with van der Waals surface area (Å²) in [5, 5.41) is 14.5. The van der Waals surface area contributed by atoms with E-state index >= 15 is 0 Å². The molecule has 2 aromatic carbocycles. The van der Waals surface area contributed by atoms with E-state index < -0.39 is 5.97 Å². The third kappa shape index (κ3) is 4.42. The van der Waals surface area contributed by atoms with Crippen LogP contribution < -0.4 is 0 Å². The summed E-state index contributed by atoms with van der Waals surface area (Å²) >= 11 is 0. The van der Waals surface area contributed by atoms with Crippen LogP contribution in [0.25, 0.3) is 16.5 Å². The van der Waals surface area contributed by atoms with Gasteiger partial charge in [0.15, 0.2) is 5.69 Å². The maximum Gasteiger partial charge on any atom is 0.355 e. The summed E-state index contributed by atoms with van der Waals surface area (Å²) in [7, 11) is 0. The van der Waals surface area contributed by atoms with E-state index in [1.54, 1.807) is 24.4 Å². The molecule has 0 atom stereocenters. The van der Waals surface area contributed by atoms with E-state index in [-0.39, 0.29) is 25.8 Å². The van der Waals surface area contributed by atoms with Gasteiger partial charge in [0, 0.05) is 44.1 Å². The molecule has 0 bridgehead atoms. The zero-order valence-electron chi connectivity index (χ0n) is 14.0. The average Bonchev–Trinajstić information content (AvgIpc) is 3.16. The molecule has 4 rings (SSSR count). The van der Waals surface area contributed by atoms with Gasteiger partial charge in [0.25, 0.3) is 0 Å². The Morgan fingerprint density at radius 3 is 2.58 bits per heavy atom. The molecule has 0 amide bonds. The van der Waals surface area contributed by atoms with Crippen molar-refractivity contribution in [3.63, 3.8) is 0 Å². The summed E-state index contributed by atoms with van der Waals surface area (Å²) in [6.45, 7) is 2.05. The molecular weight excluding hydrogens is 506 g/mol. The molecule has 0 aliphatic carbocycles. The van der Waals surface area contributed by atoms with Gasteiger partial charge in [-0.2, -0.15) is 29.4 Å². The van der Waals surface area contributed by atoms with Crippen molar-refractivity contribution in [3.05, 3.63) is 90.5 Å². The Labute approximate surface area is 164 Å². The first kappa shape index (κ1) is 19.5. The number of nitrogens with zero attached hydrogens (tertiary/aromatic N) is 3. The van der Waals surface area contributed by atoms with Gasteiger partial charge in [0.2, 0.25) is 0 Å². The van der Waals surface area contributed by atoms with Gasteiger partial charge >= 0.3 is 5.97 Å². The van der Waals surface area contributed by atoms with Crippen molar-refractivity contribution in [2.24, 2.45) is 0 Å². The number of aromatic nitrogens is 3. The number of benzene rings is 2. The van der Waals surface area contributed by atoms with Crippen LogP contribution in [-0.2, 0) is 20.1 Å². The van der Waals surface area contributed by atoms with Gasteiger partial charge in [-0.3, -0.25) is 4.68 Å². The van der Waals surface area contributed by atoms with Gasteiger partial charge in [-0.05, 0) is 23.2 Å². The molecule has 0 aliphatic heterocycles. The number of rotatable bonds is 2. The van der Waals surface area contributed by atoms with E-state index in [0.717, 1.165) is 11.1 Å². The van der Waals surface area contributed by atoms with E-state index in [2.05, 4.69) is 16.1 Å². The second kappa shape index (κ2) is 9.04. The quantitative estimate of drug-likeness (QED) is 0.406. The van der Waals surface area contributed by atoms with Crippen LogP contribution in [0.3, 0.4) is 0 Å². The fourth-order valence-electron chi connectivity index (χ4n) is 2.45. The van der Waals surface area contributed by atoms with E-state index in [1.807, 2.05) is 54.2 Å². The van der Waals surface area contributed by atoms with Crippen molar-refractivity contribution in [2.75, 3.05) is 0 Å². The Morgan fingerprint density at radius 1 is 1.08 bits per heavy atom. The minimum Gasteiger partial charge on any atom is -0.476 e. The van der Waals surface area contributed by atoms with Gasteiger partial charge in [-0.15, -0.1) is 5.56 Å². The first-order chi connectivity index (χ1) is 12.2. The molecule has 4 aromatic rings. The molecule has 0 saturated heterocycles. The van der Waals surface area contributed by atoms with E-state index in [9.17, 15) is 4.79 Å². The molecule has 0 spiro atoms. The second-order valence-corrected chi connectivity index (χ2v) is 5.34. The summed E-state index contributed by atoms with van der Waals surface area (Å²) in [6, 6.07) is 20.0. The van der Waals surface area contributed by atoms with Crippen LogP contribution >= 0.6 is 0 Å². The predicted molar refractivity (Wildman–Crippen MR) is 95.8 cm³/mol. The molecule has 133 valence electrons. The third-order valence-corrected chi connectivity index (χ3v) is 3.65. The van der Waals surface area contributed by atoms with Crippen molar-refractivity contribution in [1.29, 1.82) is 0 Å². The Balaban J connectivity index is 0.000000180. The summed E-state index contributed by atoms with van der Waals surface area (Å²) in [6.07, 6.45) is 5.19. The van der Waals surface area contributed by atoms with E-state index in [0.29, 0.717) is 5.39 Å². The van der Waals surface area contributed by atoms with Crippen LogP contribution in [0.5, 0.6) is 0 Å². The van der Waals surface area contributed by atoms with Crippen LogP contribution in [0.2, 0.25) is 0 Å². The van der Waals surface area contributed by atoms with Gasteiger partial charge < -0.3 is 5.11 Å². The van der Waals surface area contributed by atoms with Crippen molar-refractivity contribution >= 4 is 16.7 Å². The zero-order chi connectivity index (χ0) is 17.6. The molecule has 0 unspecified atom stereocenters. The third-order valence-electron chi connectivity index (χ3n) is 3.65. The molecule has 1 radical (unpaired) electrons.